The molecule has 1 unspecified atom stereocenters. The van der Waals surface area contributed by atoms with Gasteiger partial charge in [-0.25, -0.2) is 9.59 Å². The van der Waals surface area contributed by atoms with Gasteiger partial charge in [-0.2, -0.15) is 0 Å². The van der Waals surface area contributed by atoms with Gasteiger partial charge < -0.3 is 51.9 Å². The van der Waals surface area contributed by atoms with E-state index in [1.165, 1.54) is 44.1 Å². The Morgan fingerprint density at radius 3 is 2.16 bits per heavy atom. The number of Topliss-reactive ketones (excluding diaryl/α,β-unsaturated/α-hetero) is 2. The molecule has 0 bridgehead atoms. The van der Waals surface area contributed by atoms with E-state index in [9.17, 15) is 49.8 Å². The van der Waals surface area contributed by atoms with Gasteiger partial charge in [0.25, 0.3) is 5.91 Å². The summed E-state index contributed by atoms with van der Waals surface area (Å²) in [4.78, 5) is 72.2. The summed E-state index contributed by atoms with van der Waals surface area (Å²) in [5.41, 5.74) is -0.669. The third kappa shape index (κ3) is 6.99. The van der Waals surface area contributed by atoms with E-state index in [1.54, 1.807) is 0 Å². The number of carboxylic acid groups (broad SMARTS) is 3. The molecule has 0 saturated heterocycles. The lowest BCUT2D eigenvalue weighted by Crippen LogP contribution is -2.67. The maximum Gasteiger partial charge on any atom is 0.414 e. The van der Waals surface area contributed by atoms with Crippen molar-refractivity contribution >= 4 is 41.1 Å². The number of ketones is 2. The number of benzene rings is 1. The molecule has 1 saturated carbocycles. The number of likely N-dealkylation sites (N-methyl/N-ethyl adjacent to an activating group) is 1. The quantitative estimate of drug-likeness (QED) is 0.0578. The number of phenolic OH excluding ortho intramolecular Hbond substituents is 1. The van der Waals surface area contributed by atoms with Gasteiger partial charge >= 0.3 is 17.9 Å². The molecule has 3 aliphatic rings. The van der Waals surface area contributed by atoms with Crippen LogP contribution < -0.4 is 16.4 Å². The van der Waals surface area contributed by atoms with Crippen LogP contribution in [0.4, 0.5) is 0 Å². The topological polar surface area (TPSA) is 318 Å². The summed E-state index contributed by atoms with van der Waals surface area (Å²) >= 11 is 0. The zero-order valence-electron chi connectivity index (χ0n) is 26.8. The Balaban J connectivity index is 0.000000992. The number of unbranched alkanes of at least 4 members (excludes halogenated alkanes) is 1. The van der Waals surface area contributed by atoms with Crippen molar-refractivity contribution in [3.05, 3.63) is 46.2 Å². The molecule has 0 aromatic heterocycles. The highest BCUT2D eigenvalue weighted by atomic mass is 16.4. The van der Waals surface area contributed by atoms with E-state index in [0.717, 1.165) is 0 Å². The Morgan fingerprint density at radius 2 is 1.63 bits per heavy atom. The van der Waals surface area contributed by atoms with Gasteiger partial charge in [0.15, 0.2) is 11.4 Å². The molecule has 18 nitrogen and oxygen atoms in total. The van der Waals surface area contributed by atoms with Crippen LogP contribution in [0.3, 0.4) is 0 Å². The zero-order chi connectivity index (χ0) is 37.2. The first-order chi connectivity index (χ1) is 22.8. The summed E-state index contributed by atoms with van der Waals surface area (Å²) in [5, 5.41) is 85.7. The molecule has 12 N–H and O–H groups in total. The number of aliphatic hydroxyl groups excluding tert-OH is 2. The van der Waals surface area contributed by atoms with Gasteiger partial charge in [0.2, 0.25) is 5.78 Å². The average Bonchev–Trinajstić information content (AvgIpc) is 3.00. The van der Waals surface area contributed by atoms with Crippen LogP contribution in [0.25, 0.3) is 5.76 Å². The summed E-state index contributed by atoms with van der Waals surface area (Å²) in [5.74, 6) is -12.9. The van der Waals surface area contributed by atoms with E-state index in [4.69, 9.17) is 25.5 Å². The van der Waals surface area contributed by atoms with Crippen molar-refractivity contribution < 1.29 is 69.6 Å². The molecule has 1 aromatic carbocycles. The van der Waals surface area contributed by atoms with Gasteiger partial charge in [-0.3, -0.25) is 29.4 Å². The number of nitrogens with zero attached hydrogens (tertiary/aromatic N) is 1. The first-order valence-corrected chi connectivity index (χ1v) is 15.1. The predicted octanol–water partition coefficient (Wildman–Crippen LogP) is -1.46. The first-order valence-electron chi connectivity index (χ1n) is 15.1. The smallest absolute Gasteiger partial charge is 0.414 e. The van der Waals surface area contributed by atoms with Crippen LogP contribution >= 0.6 is 0 Å². The minimum Gasteiger partial charge on any atom is -0.508 e. The summed E-state index contributed by atoms with van der Waals surface area (Å²) in [6.07, 6.45) is 1.07. The molecule has 0 aliphatic heterocycles. The second-order valence-electron chi connectivity index (χ2n) is 12.3. The predicted molar refractivity (Wildman–Crippen MR) is 167 cm³/mol. The third-order valence-electron chi connectivity index (χ3n) is 9.03. The fraction of sp³-hybridized carbons (Fsp3) is 0.484. The van der Waals surface area contributed by atoms with Gasteiger partial charge in [-0.1, -0.05) is 18.6 Å². The Morgan fingerprint density at radius 1 is 1.02 bits per heavy atom. The lowest BCUT2D eigenvalue weighted by atomic mass is 9.54. The number of nitrogens with two attached hydrogens (primary N) is 1. The van der Waals surface area contributed by atoms with Crippen molar-refractivity contribution in [1.29, 1.82) is 0 Å². The lowest BCUT2D eigenvalue weighted by Gasteiger charge is -2.53. The Bertz CT molecular complexity index is 1600. The van der Waals surface area contributed by atoms with Crippen molar-refractivity contribution in [3.63, 3.8) is 0 Å². The number of amides is 1. The van der Waals surface area contributed by atoms with Crippen LogP contribution in [0.1, 0.15) is 43.7 Å². The number of aromatic hydroxyl groups is 1. The second kappa shape index (κ2) is 14.7. The normalized spacial score (nSPS) is 26.6. The molecule has 18 heteroatoms. The number of carbonyl (C=O) groups excluding carboxylic acids is 3. The highest BCUT2D eigenvalue weighted by Crippen LogP contribution is 2.57. The van der Waals surface area contributed by atoms with Crippen molar-refractivity contribution in [3.8, 4) is 5.75 Å². The number of aliphatic carboxylic acids is 3. The molecular weight excluding hydrogens is 652 g/mol. The van der Waals surface area contributed by atoms with Crippen LogP contribution in [-0.2, 0) is 34.4 Å². The van der Waals surface area contributed by atoms with E-state index in [1.807, 2.05) is 0 Å². The molecule has 49 heavy (non-hydrogen) atoms. The number of carboxylic acids is 3. The van der Waals surface area contributed by atoms with E-state index in [0.29, 0.717) is 19.4 Å². The fourth-order valence-corrected chi connectivity index (χ4v) is 6.63. The van der Waals surface area contributed by atoms with Crippen LogP contribution in [0.15, 0.2) is 35.1 Å². The van der Waals surface area contributed by atoms with Gasteiger partial charge in [0, 0.05) is 17.4 Å². The molecule has 0 radical (unpaired) electrons. The van der Waals surface area contributed by atoms with Crippen LogP contribution in [-0.4, -0.2) is 126 Å². The minimum absolute atomic E-state index is 0.135. The molecule has 1 amide bonds. The molecule has 6 atom stereocenters. The number of fused-ring (bicyclic) bond motifs is 3. The van der Waals surface area contributed by atoms with Gasteiger partial charge in [-0.05, 0) is 58.5 Å². The number of hydrogen-bond acceptors (Lipinski definition) is 14. The van der Waals surface area contributed by atoms with E-state index in [2.05, 4.69) is 10.6 Å². The number of nitrogens with one attached hydrogen (secondary N) is 2. The first kappa shape index (κ1) is 38.6. The highest BCUT2D eigenvalue weighted by Gasteiger charge is 2.66. The fourth-order valence-electron chi connectivity index (χ4n) is 6.63. The van der Waals surface area contributed by atoms with Crippen LogP contribution in [0, 0.1) is 11.8 Å². The number of phenols is 1. The van der Waals surface area contributed by atoms with Crippen LogP contribution in [0.2, 0.25) is 0 Å². The van der Waals surface area contributed by atoms with Crippen molar-refractivity contribution in [1.82, 2.24) is 15.5 Å². The third-order valence-corrected chi connectivity index (χ3v) is 9.03. The Hall–Kier alpha value is -4.88. The molecule has 268 valence electrons. The van der Waals surface area contributed by atoms with Gasteiger partial charge in [-0.15, -0.1) is 0 Å². The average molecular weight is 693 g/mol. The summed E-state index contributed by atoms with van der Waals surface area (Å²) < 4.78 is 0. The molecule has 4 rings (SSSR count). The Kier molecular flexibility index (Phi) is 11.6. The lowest BCUT2D eigenvalue weighted by molar-refractivity contribution is -0.159. The number of rotatable bonds is 10. The molecule has 1 fully saturated rings. The van der Waals surface area contributed by atoms with E-state index in [-0.39, 0.29) is 24.0 Å². The van der Waals surface area contributed by atoms with Crippen molar-refractivity contribution in [2.45, 2.75) is 55.9 Å². The van der Waals surface area contributed by atoms with E-state index >= 15 is 0 Å². The van der Waals surface area contributed by atoms with Crippen molar-refractivity contribution in [2.75, 3.05) is 27.3 Å². The second-order valence-corrected chi connectivity index (χ2v) is 12.3. The van der Waals surface area contributed by atoms with E-state index < -0.39 is 106 Å². The molecular formula is C31H40N4O14. The molecule has 0 spiro atoms. The number of aliphatic hydroxyl groups is 4. The summed E-state index contributed by atoms with van der Waals surface area (Å²) in [6, 6.07) is 1.83. The Labute approximate surface area is 279 Å². The van der Waals surface area contributed by atoms with Gasteiger partial charge in [0.05, 0.1) is 23.9 Å². The minimum atomic E-state index is -2.85. The summed E-state index contributed by atoms with van der Waals surface area (Å²) in [7, 11) is 2.97. The highest BCUT2D eigenvalue weighted by molar-refractivity contribution is 6.27. The molecule has 3 aliphatic carbocycles. The zero-order valence-corrected chi connectivity index (χ0v) is 26.8. The number of hydrogen-bond donors (Lipinski definition) is 11. The standard InChI is InChI=1S/C29H38N4O10.C2H2O4/c1-28(42)13-7-6-9-17(34)18(13)22(35)19-14(28)11-15-21(33(2)3)23(36)20(25(38)29(15,43)24(19)37)26(39)32-12-31-16(27(40)41)8-4-5-10-30;3-1(4)2(5)6/h6-7,9,14-16,21,31,34-35,38,42-43H,4-5,8,10-12,30H2,1-3H3,(H,32,39)(H,40,41);(H,3,4)(H,5,6)/t14?,15-,16-,21-,28+,29-;/m0./s1. The largest absolute Gasteiger partial charge is 0.508 e. The maximum atomic E-state index is 14.1. The maximum absolute atomic E-state index is 14.1. The molecule has 1 aromatic rings. The van der Waals surface area contributed by atoms with Crippen molar-refractivity contribution in [2.24, 2.45) is 17.6 Å². The summed E-state index contributed by atoms with van der Waals surface area (Å²) in [6.45, 7) is 1.35. The molecule has 0 heterocycles. The monoisotopic (exact) mass is 692 g/mol. The van der Waals surface area contributed by atoms with Crippen LogP contribution in [0.5, 0.6) is 5.75 Å². The van der Waals surface area contributed by atoms with Gasteiger partial charge in [0.1, 0.15) is 28.9 Å². The number of carbonyl (C=O) groups is 6. The SMILES string of the molecule is CN(C)[C@@H]1C(=O)C(C(=O)NCN[C@@H](CCCCN)C(=O)O)=C(O)[C@@]2(O)C(=O)C3=C(O)c4c(O)cccc4[C@@](C)(O)C3C[C@@H]12.O=C(O)C(=O)O.